The summed E-state index contributed by atoms with van der Waals surface area (Å²) in [6.07, 6.45) is -0.497. The van der Waals surface area contributed by atoms with E-state index in [2.05, 4.69) is 36.1 Å². The van der Waals surface area contributed by atoms with Gasteiger partial charge in [0.15, 0.2) is 0 Å². The maximum absolute atomic E-state index is 9.57. The first kappa shape index (κ1) is 14.9. The number of hydrogen-bond acceptors (Lipinski definition) is 2. The molecule has 2 aromatic carbocycles. The van der Waals surface area contributed by atoms with E-state index in [1.165, 1.54) is 11.1 Å². The van der Waals surface area contributed by atoms with Gasteiger partial charge >= 0.3 is 0 Å². The van der Waals surface area contributed by atoms with Crippen LogP contribution < -0.4 is 4.90 Å². The highest BCUT2D eigenvalue weighted by Gasteiger charge is 2.09. The third-order valence-electron chi connectivity index (χ3n) is 3.37. The number of halogens is 1. The largest absolute Gasteiger partial charge is 0.389 e. The number of hydrogen-bond donors (Lipinski definition) is 1. The Morgan fingerprint density at radius 3 is 2.55 bits per heavy atom. The summed E-state index contributed by atoms with van der Waals surface area (Å²) in [5, 5.41) is 10.2. The topological polar surface area (TPSA) is 23.5 Å². The van der Waals surface area contributed by atoms with Crippen molar-refractivity contribution in [3.8, 4) is 0 Å². The fourth-order valence-corrected chi connectivity index (χ4v) is 2.60. The number of anilines is 1. The second-order valence-electron chi connectivity index (χ2n) is 5.23. The highest BCUT2D eigenvalue weighted by Crippen LogP contribution is 2.29. The number of aliphatic hydroxyl groups excluding tert-OH is 1. The molecular weight excluding hydrogens is 270 g/mol. The molecule has 0 bridgehead atoms. The summed E-state index contributed by atoms with van der Waals surface area (Å²) in [7, 11) is 2.02. The smallest absolute Gasteiger partial charge is 0.0762 e. The van der Waals surface area contributed by atoms with Crippen molar-refractivity contribution < 1.29 is 5.11 Å². The molecule has 0 heterocycles. The van der Waals surface area contributed by atoms with Crippen LogP contribution in [0, 0.1) is 6.92 Å². The van der Waals surface area contributed by atoms with Crippen LogP contribution in [-0.4, -0.2) is 12.2 Å². The molecule has 0 fully saturated rings. The molecular formula is C17H20ClNO. The lowest BCUT2D eigenvalue weighted by Crippen LogP contribution is -2.17. The van der Waals surface area contributed by atoms with Gasteiger partial charge in [0.2, 0.25) is 0 Å². The van der Waals surface area contributed by atoms with Gasteiger partial charge in [0.1, 0.15) is 0 Å². The zero-order valence-corrected chi connectivity index (χ0v) is 12.9. The van der Waals surface area contributed by atoms with Gasteiger partial charge in [-0.25, -0.2) is 0 Å². The van der Waals surface area contributed by atoms with E-state index in [1.807, 2.05) is 25.2 Å². The monoisotopic (exact) mass is 289 g/mol. The molecule has 0 unspecified atom stereocenters. The molecule has 0 aliphatic heterocycles. The van der Waals surface area contributed by atoms with Crippen molar-refractivity contribution in [2.24, 2.45) is 0 Å². The van der Waals surface area contributed by atoms with Crippen LogP contribution in [0.2, 0.25) is 5.02 Å². The molecule has 0 aromatic heterocycles. The highest BCUT2D eigenvalue weighted by atomic mass is 35.5. The quantitative estimate of drug-likeness (QED) is 0.905. The molecule has 0 saturated carbocycles. The van der Waals surface area contributed by atoms with E-state index in [0.717, 1.165) is 17.8 Å². The maximum Gasteiger partial charge on any atom is 0.0762 e. The molecule has 2 nitrogen and oxygen atoms in total. The summed E-state index contributed by atoms with van der Waals surface area (Å²) in [5.74, 6) is 0. The second-order valence-corrected chi connectivity index (χ2v) is 5.64. The zero-order chi connectivity index (χ0) is 14.7. The molecule has 2 aromatic rings. The van der Waals surface area contributed by atoms with E-state index in [4.69, 9.17) is 11.6 Å². The van der Waals surface area contributed by atoms with Gasteiger partial charge in [0.05, 0.1) is 16.8 Å². The van der Waals surface area contributed by atoms with E-state index in [-0.39, 0.29) is 0 Å². The molecule has 2 rings (SSSR count). The van der Waals surface area contributed by atoms with Crippen molar-refractivity contribution in [2.75, 3.05) is 11.9 Å². The molecule has 3 heteroatoms. The summed E-state index contributed by atoms with van der Waals surface area (Å²) >= 11 is 6.31. The first-order chi connectivity index (χ1) is 9.47. The first-order valence-electron chi connectivity index (χ1n) is 6.71. The lowest BCUT2D eigenvalue weighted by molar-refractivity contribution is 0.199. The Kier molecular flexibility index (Phi) is 4.69. The molecule has 0 aliphatic rings. The van der Waals surface area contributed by atoms with Crippen molar-refractivity contribution in [3.63, 3.8) is 0 Å². The lowest BCUT2D eigenvalue weighted by atomic mass is 10.1. The predicted molar refractivity (Wildman–Crippen MR) is 85.4 cm³/mol. The summed E-state index contributed by atoms with van der Waals surface area (Å²) in [4.78, 5) is 2.11. The fraction of sp³-hybridized carbons (Fsp3) is 0.294. The molecule has 0 spiro atoms. The number of aryl methyl sites for hydroxylation is 1. The molecule has 0 amide bonds. The minimum Gasteiger partial charge on any atom is -0.389 e. The van der Waals surface area contributed by atoms with Gasteiger partial charge < -0.3 is 10.0 Å². The van der Waals surface area contributed by atoms with Gasteiger partial charge in [-0.05, 0) is 37.1 Å². The SMILES string of the molecule is Cc1cccc(CN(C)c2ccc([C@@H](C)O)cc2Cl)c1. The Bertz CT molecular complexity index is 595. The summed E-state index contributed by atoms with van der Waals surface area (Å²) in [5.41, 5.74) is 4.31. The third kappa shape index (κ3) is 3.53. The third-order valence-corrected chi connectivity index (χ3v) is 3.67. The normalized spacial score (nSPS) is 12.2. The van der Waals surface area contributed by atoms with E-state index >= 15 is 0 Å². The van der Waals surface area contributed by atoms with Crippen LogP contribution in [0.3, 0.4) is 0 Å². The highest BCUT2D eigenvalue weighted by molar-refractivity contribution is 6.33. The van der Waals surface area contributed by atoms with Crippen LogP contribution in [0.25, 0.3) is 0 Å². The summed E-state index contributed by atoms with van der Waals surface area (Å²) in [6.45, 7) is 4.63. The van der Waals surface area contributed by atoms with Crippen molar-refractivity contribution in [1.29, 1.82) is 0 Å². The number of nitrogens with zero attached hydrogens (tertiary/aromatic N) is 1. The van der Waals surface area contributed by atoms with Gasteiger partial charge in [-0.15, -0.1) is 0 Å². The van der Waals surface area contributed by atoms with Gasteiger partial charge in [-0.1, -0.05) is 47.5 Å². The number of rotatable bonds is 4. The molecule has 106 valence electrons. The minimum atomic E-state index is -0.497. The Morgan fingerprint density at radius 2 is 1.95 bits per heavy atom. The van der Waals surface area contributed by atoms with Crippen LogP contribution >= 0.6 is 11.6 Å². The van der Waals surface area contributed by atoms with Gasteiger partial charge in [0, 0.05) is 13.6 Å². The van der Waals surface area contributed by atoms with Gasteiger partial charge in [-0.3, -0.25) is 0 Å². The molecule has 20 heavy (non-hydrogen) atoms. The van der Waals surface area contributed by atoms with Gasteiger partial charge in [-0.2, -0.15) is 0 Å². The molecule has 0 saturated heterocycles. The molecule has 0 radical (unpaired) electrons. The maximum atomic E-state index is 9.57. The lowest BCUT2D eigenvalue weighted by Gasteiger charge is -2.22. The second kappa shape index (κ2) is 6.29. The summed E-state index contributed by atoms with van der Waals surface area (Å²) in [6, 6.07) is 14.1. The zero-order valence-electron chi connectivity index (χ0n) is 12.1. The average molecular weight is 290 g/mol. The van der Waals surface area contributed by atoms with E-state index in [0.29, 0.717) is 5.02 Å². The Morgan fingerprint density at radius 1 is 1.20 bits per heavy atom. The molecule has 1 atom stereocenters. The average Bonchev–Trinajstić information content (AvgIpc) is 2.38. The Balaban J connectivity index is 2.19. The Hall–Kier alpha value is -1.51. The van der Waals surface area contributed by atoms with Gasteiger partial charge in [0.25, 0.3) is 0 Å². The Labute approximate surface area is 125 Å². The van der Waals surface area contributed by atoms with Crippen LogP contribution in [-0.2, 0) is 6.54 Å². The number of aliphatic hydroxyl groups is 1. The fourth-order valence-electron chi connectivity index (χ4n) is 2.26. The van der Waals surface area contributed by atoms with Crippen LogP contribution in [0.15, 0.2) is 42.5 Å². The van der Waals surface area contributed by atoms with Crippen LogP contribution in [0.1, 0.15) is 29.7 Å². The minimum absolute atomic E-state index is 0.497. The standard InChI is InChI=1S/C17H20ClNO/c1-12-5-4-6-14(9-12)11-19(3)17-8-7-15(13(2)20)10-16(17)18/h4-10,13,20H,11H2,1-3H3/t13-/m1/s1. The van der Waals surface area contributed by atoms with Crippen LogP contribution in [0.4, 0.5) is 5.69 Å². The van der Waals surface area contributed by atoms with Crippen molar-refractivity contribution in [2.45, 2.75) is 26.5 Å². The van der Waals surface area contributed by atoms with Crippen LogP contribution in [0.5, 0.6) is 0 Å². The number of benzene rings is 2. The van der Waals surface area contributed by atoms with E-state index in [1.54, 1.807) is 6.92 Å². The molecule has 0 aliphatic carbocycles. The van der Waals surface area contributed by atoms with Crippen molar-refractivity contribution >= 4 is 17.3 Å². The van der Waals surface area contributed by atoms with E-state index < -0.39 is 6.10 Å². The summed E-state index contributed by atoms with van der Waals surface area (Å²) < 4.78 is 0. The molecule has 1 N–H and O–H groups in total. The van der Waals surface area contributed by atoms with E-state index in [9.17, 15) is 5.11 Å². The predicted octanol–water partition coefficient (Wildman–Crippen LogP) is 4.34. The van der Waals surface area contributed by atoms with Crippen molar-refractivity contribution in [3.05, 3.63) is 64.2 Å². The van der Waals surface area contributed by atoms with Crippen molar-refractivity contribution in [1.82, 2.24) is 0 Å². The first-order valence-corrected chi connectivity index (χ1v) is 7.09.